The summed E-state index contributed by atoms with van der Waals surface area (Å²) in [7, 11) is -3.63. The Kier molecular flexibility index (Phi) is 3.95. The summed E-state index contributed by atoms with van der Waals surface area (Å²) in [4.78, 5) is 0.265. The van der Waals surface area contributed by atoms with E-state index in [9.17, 15) is 8.42 Å². The molecule has 2 aliphatic rings. The molecule has 0 saturated heterocycles. The van der Waals surface area contributed by atoms with Gasteiger partial charge in [0.2, 0.25) is 0 Å². The van der Waals surface area contributed by atoms with Gasteiger partial charge in [-0.05, 0) is 56.1 Å². The van der Waals surface area contributed by atoms with E-state index in [-0.39, 0.29) is 11.0 Å². The number of halogens is 1. The van der Waals surface area contributed by atoms with Crippen LogP contribution in [0.1, 0.15) is 24.8 Å². The van der Waals surface area contributed by atoms with Crippen LogP contribution in [-0.2, 0) is 14.3 Å². The zero-order valence-corrected chi connectivity index (χ0v) is 13.9. The highest BCUT2D eigenvalue weighted by Crippen LogP contribution is 2.50. The molecule has 1 aromatic carbocycles. The van der Waals surface area contributed by atoms with Crippen molar-refractivity contribution in [2.75, 3.05) is 5.33 Å². The zero-order valence-electron chi connectivity index (χ0n) is 11.5. The van der Waals surface area contributed by atoms with Gasteiger partial charge >= 0.3 is 0 Å². The molecule has 0 spiro atoms. The Morgan fingerprint density at radius 1 is 1.20 bits per heavy atom. The van der Waals surface area contributed by atoms with E-state index < -0.39 is 10.1 Å². The molecule has 2 bridgehead atoms. The molecular formula is C15H19BrO3S. The van der Waals surface area contributed by atoms with Crippen LogP contribution in [0.3, 0.4) is 0 Å². The third kappa shape index (κ3) is 2.68. The topological polar surface area (TPSA) is 43.4 Å². The lowest BCUT2D eigenvalue weighted by atomic mass is 9.88. The van der Waals surface area contributed by atoms with Gasteiger partial charge in [0.05, 0.1) is 11.0 Å². The lowest BCUT2D eigenvalue weighted by Gasteiger charge is -2.27. The highest BCUT2D eigenvalue weighted by atomic mass is 79.9. The molecule has 4 atom stereocenters. The minimum atomic E-state index is -3.63. The molecular weight excluding hydrogens is 340 g/mol. The normalized spacial score (nSPS) is 32.7. The molecule has 110 valence electrons. The Morgan fingerprint density at radius 2 is 1.90 bits per heavy atom. The number of benzene rings is 1. The van der Waals surface area contributed by atoms with Crippen molar-refractivity contribution in [3.63, 3.8) is 0 Å². The molecule has 2 fully saturated rings. The van der Waals surface area contributed by atoms with Crippen LogP contribution in [0.2, 0.25) is 0 Å². The lowest BCUT2D eigenvalue weighted by Crippen LogP contribution is -2.30. The highest BCUT2D eigenvalue weighted by molar-refractivity contribution is 9.09. The predicted molar refractivity (Wildman–Crippen MR) is 81.4 cm³/mol. The first-order chi connectivity index (χ1) is 9.49. The van der Waals surface area contributed by atoms with Crippen molar-refractivity contribution >= 4 is 26.0 Å². The van der Waals surface area contributed by atoms with Gasteiger partial charge < -0.3 is 0 Å². The molecule has 2 aliphatic carbocycles. The molecule has 0 N–H and O–H groups in total. The largest absolute Gasteiger partial charge is 0.297 e. The molecule has 0 amide bonds. The molecule has 1 aromatic rings. The van der Waals surface area contributed by atoms with E-state index in [0.717, 1.165) is 23.7 Å². The Balaban J connectivity index is 1.76. The molecule has 2 saturated carbocycles. The van der Waals surface area contributed by atoms with Gasteiger partial charge in [0.1, 0.15) is 0 Å². The Morgan fingerprint density at radius 3 is 2.50 bits per heavy atom. The average Bonchev–Trinajstić information content (AvgIpc) is 2.97. The summed E-state index contributed by atoms with van der Waals surface area (Å²) >= 11 is 3.53. The van der Waals surface area contributed by atoms with E-state index in [4.69, 9.17) is 4.18 Å². The van der Waals surface area contributed by atoms with Gasteiger partial charge in [-0.1, -0.05) is 33.6 Å². The molecule has 20 heavy (non-hydrogen) atoms. The number of hydrogen-bond donors (Lipinski definition) is 0. The van der Waals surface area contributed by atoms with Gasteiger partial charge in [-0.15, -0.1) is 0 Å². The maximum Gasteiger partial charge on any atom is 0.297 e. The van der Waals surface area contributed by atoms with Gasteiger partial charge in [-0.3, -0.25) is 4.18 Å². The van der Waals surface area contributed by atoms with E-state index in [1.54, 1.807) is 24.3 Å². The summed E-state index contributed by atoms with van der Waals surface area (Å²) in [6, 6.07) is 6.86. The van der Waals surface area contributed by atoms with Gasteiger partial charge in [0, 0.05) is 5.33 Å². The number of fused-ring (bicyclic) bond motifs is 2. The van der Waals surface area contributed by atoms with Gasteiger partial charge in [-0.25, -0.2) is 0 Å². The van der Waals surface area contributed by atoms with Crippen LogP contribution < -0.4 is 0 Å². The van der Waals surface area contributed by atoms with Crippen molar-refractivity contribution in [2.24, 2.45) is 17.8 Å². The van der Waals surface area contributed by atoms with Crippen molar-refractivity contribution in [3.05, 3.63) is 29.8 Å². The number of rotatable bonds is 4. The van der Waals surface area contributed by atoms with Crippen LogP contribution in [0.5, 0.6) is 0 Å². The first-order valence-corrected chi connectivity index (χ1v) is 9.58. The van der Waals surface area contributed by atoms with Crippen LogP contribution in [-0.4, -0.2) is 19.9 Å². The van der Waals surface area contributed by atoms with E-state index in [1.165, 1.54) is 6.42 Å². The van der Waals surface area contributed by atoms with Crippen LogP contribution in [0.15, 0.2) is 29.2 Å². The van der Waals surface area contributed by atoms with Gasteiger partial charge in [-0.2, -0.15) is 8.42 Å². The number of alkyl halides is 1. The quantitative estimate of drug-likeness (QED) is 0.610. The Bertz CT molecular complexity index is 582. The maximum absolute atomic E-state index is 12.3. The molecule has 0 aliphatic heterocycles. The summed E-state index contributed by atoms with van der Waals surface area (Å²) in [5, 5.41) is 0.943. The van der Waals surface area contributed by atoms with E-state index in [0.29, 0.717) is 17.8 Å². The molecule has 0 heterocycles. The molecule has 3 rings (SSSR count). The summed E-state index contributed by atoms with van der Waals surface area (Å²) in [5.41, 5.74) is 1.04. The second-order valence-corrected chi connectivity index (χ2v) is 8.27. The van der Waals surface area contributed by atoms with Crippen molar-refractivity contribution < 1.29 is 12.6 Å². The van der Waals surface area contributed by atoms with Crippen molar-refractivity contribution in [3.8, 4) is 0 Å². The Hall–Kier alpha value is -0.390. The summed E-state index contributed by atoms with van der Waals surface area (Å²) in [5.74, 6) is 1.59. The van der Waals surface area contributed by atoms with Crippen LogP contribution in [0, 0.1) is 24.7 Å². The maximum atomic E-state index is 12.3. The fourth-order valence-electron chi connectivity index (χ4n) is 3.64. The van der Waals surface area contributed by atoms with Crippen LogP contribution >= 0.6 is 15.9 Å². The third-order valence-corrected chi connectivity index (χ3v) is 6.83. The smallest absolute Gasteiger partial charge is 0.263 e. The first kappa shape index (κ1) is 14.5. The van der Waals surface area contributed by atoms with Gasteiger partial charge in [0.15, 0.2) is 0 Å². The third-order valence-electron chi connectivity index (χ3n) is 4.65. The van der Waals surface area contributed by atoms with Crippen molar-refractivity contribution in [1.29, 1.82) is 0 Å². The first-order valence-electron chi connectivity index (χ1n) is 7.05. The van der Waals surface area contributed by atoms with Crippen molar-refractivity contribution in [1.82, 2.24) is 0 Å². The molecule has 0 aromatic heterocycles. The van der Waals surface area contributed by atoms with E-state index in [1.807, 2.05) is 6.92 Å². The highest BCUT2D eigenvalue weighted by Gasteiger charge is 2.47. The fraction of sp³-hybridized carbons (Fsp3) is 0.600. The molecule has 0 unspecified atom stereocenters. The monoisotopic (exact) mass is 358 g/mol. The zero-order chi connectivity index (χ0) is 14.3. The minimum Gasteiger partial charge on any atom is -0.263 e. The van der Waals surface area contributed by atoms with Crippen molar-refractivity contribution in [2.45, 2.75) is 37.2 Å². The van der Waals surface area contributed by atoms with Crippen LogP contribution in [0.4, 0.5) is 0 Å². The summed E-state index contributed by atoms with van der Waals surface area (Å²) in [6.45, 7) is 1.94. The SMILES string of the molecule is Cc1ccc(S(=O)(=O)O[C@H]2C[C@H]3C[C@@H](CBr)[C@H]2C3)cc1. The van der Waals surface area contributed by atoms with E-state index in [2.05, 4.69) is 15.9 Å². The second-order valence-electron chi connectivity index (χ2n) is 6.05. The second kappa shape index (κ2) is 5.43. The predicted octanol–water partition coefficient (Wildman–Crippen LogP) is 3.51. The summed E-state index contributed by atoms with van der Waals surface area (Å²) < 4.78 is 30.2. The standard InChI is InChI=1S/C15H19BrO3S/c1-10-2-4-13(5-3-10)20(17,18)19-15-8-11-6-12(9-16)14(15)7-11/h2-5,11-12,14-15H,6-9H2,1H3/t11-,12-,14+,15-/m0/s1. The minimum absolute atomic E-state index is 0.136. The lowest BCUT2D eigenvalue weighted by molar-refractivity contribution is 0.117. The number of hydrogen-bond acceptors (Lipinski definition) is 3. The fourth-order valence-corrected chi connectivity index (χ4v) is 5.51. The summed E-state index contributed by atoms with van der Waals surface area (Å²) in [6.07, 6.45) is 3.08. The Labute approximate surface area is 129 Å². The van der Waals surface area contributed by atoms with Gasteiger partial charge in [0.25, 0.3) is 10.1 Å². The molecule has 3 nitrogen and oxygen atoms in total. The average molecular weight is 359 g/mol. The molecule has 0 radical (unpaired) electrons. The number of aryl methyl sites for hydroxylation is 1. The van der Waals surface area contributed by atoms with E-state index >= 15 is 0 Å². The molecule has 5 heteroatoms. The van der Waals surface area contributed by atoms with Crippen LogP contribution in [0.25, 0.3) is 0 Å².